The van der Waals surface area contributed by atoms with E-state index in [-0.39, 0.29) is 40.6 Å². The van der Waals surface area contributed by atoms with E-state index in [0.717, 1.165) is 31.6 Å². The molecule has 53 heavy (non-hydrogen) atoms. The van der Waals surface area contributed by atoms with Gasteiger partial charge < -0.3 is 19.9 Å². The molecule has 1 amide bonds. The zero-order valence-electron chi connectivity index (χ0n) is 30.7. The fourth-order valence-corrected chi connectivity index (χ4v) is 8.77. The fraction of sp³-hybridized carbons (Fsp3) is 0.538. The van der Waals surface area contributed by atoms with Gasteiger partial charge in [-0.1, -0.05) is 18.0 Å². The van der Waals surface area contributed by atoms with Crippen molar-refractivity contribution in [1.29, 1.82) is 0 Å². The number of pyridine rings is 2. The Hall–Kier alpha value is -3.78. The number of aromatic nitrogens is 4. The van der Waals surface area contributed by atoms with Crippen molar-refractivity contribution < 1.29 is 23.1 Å². The van der Waals surface area contributed by atoms with E-state index in [0.29, 0.717) is 40.8 Å². The van der Waals surface area contributed by atoms with Crippen molar-refractivity contribution >= 4 is 45.7 Å². The van der Waals surface area contributed by atoms with Gasteiger partial charge in [0.15, 0.2) is 17.5 Å². The van der Waals surface area contributed by atoms with E-state index >= 15 is 8.78 Å². The summed E-state index contributed by atoms with van der Waals surface area (Å²) in [5.74, 6) is -2.41. The molecule has 10 nitrogen and oxygen atoms in total. The number of carbonyl (C=O) groups is 1. The molecule has 0 bridgehead atoms. The monoisotopic (exact) mass is 750 g/mol. The Kier molecular flexibility index (Phi) is 8.83. The first-order valence-corrected chi connectivity index (χ1v) is 19.0. The first-order valence-electron chi connectivity index (χ1n) is 18.6. The van der Waals surface area contributed by atoms with E-state index < -0.39 is 40.5 Å². The van der Waals surface area contributed by atoms with E-state index in [9.17, 15) is 14.3 Å². The van der Waals surface area contributed by atoms with Gasteiger partial charge in [0, 0.05) is 40.5 Å². The third-order valence-electron chi connectivity index (χ3n) is 12.0. The minimum Gasteiger partial charge on any atom is -0.374 e. The molecular weight excluding hydrogens is 705 g/mol. The minimum absolute atomic E-state index is 0.0242. The van der Waals surface area contributed by atoms with Gasteiger partial charge in [-0.3, -0.25) is 20.0 Å². The van der Waals surface area contributed by atoms with Crippen LogP contribution in [-0.4, -0.2) is 72.3 Å². The number of rotatable bonds is 10. The van der Waals surface area contributed by atoms with Crippen LogP contribution in [0.3, 0.4) is 0 Å². The maximum atomic E-state index is 15.6. The van der Waals surface area contributed by atoms with Crippen LogP contribution in [0.5, 0.6) is 0 Å². The van der Waals surface area contributed by atoms with Crippen LogP contribution >= 0.6 is 11.6 Å². The molecule has 1 saturated heterocycles. The highest BCUT2D eigenvalue weighted by atomic mass is 35.5. The summed E-state index contributed by atoms with van der Waals surface area (Å²) in [7, 11) is 0. The van der Waals surface area contributed by atoms with E-state index in [1.54, 1.807) is 12.5 Å². The Labute approximate surface area is 312 Å². The average molecular weight is 751 g/mol. The molecule has 1 aromatic carbocycles. The van der Waals surface area contributed by atoms with Gasteiger partial charge in [0.05, 0.1) is 45.0 Å². The van der Waals surface area contributed by atoms with Gasteiger partial charge in [0.2, 0.25) is 5.91 Å². The van der Waals surface area contributed by atoms with Gasteiger partial charge in [-0.15, -0.1) is 0 Å². The standard InChI is InChI=1S/C39H46ClF3N8O2/c1-21(2)50-20-45-27-15-25(46-34(32(27)50)47-26-14-24(29(40)31(43)30(26)42)35(52)48-39(19-41)9-10-39)22-13-28-33(44-18-22)37(3,4)36(53)51(28)23-16-38(5,17-23)49-11-7-6-8-12-49/h13-15,18,20-21,23,35,48,52H,6-12,16-17,19H2,1-5H3,(H,46,47). The van der Waals surface area contributed by atoms with Crippen LogP contribution in [0.2, 0.25) is 5.02 Å². The summed E-state index contributed by atoms with van der Waals surface area (Å²) in [5, 5.41) is 16.1. The smallest absolute Gasteiger partial charge is 0.239 e. The van der Waals surface area contributed by atoms with Crippen molar-refractivity contribution in [3.05, 3.63) is 58.6 Å². The number of imidazole rings is 1. The molecule has 3 fully saturated rings. The number of nitrogens with one attached hydrogen (secondary N) is 2. The van der Waals surface area contributed by atoms with Crippen LogP contribution in [-0.2, 0) is 10.2 Å². The molecule has 4 aliphatic rings. The fourth-order valence-electron chi connectivity index (χ4n) is 8.53. The highest BCUT2D eigenvalue weighted by Crippen LogP contribution is 2.50. The summed E-state index contributed by atoms with van der Waals surface area (Å²) in [6.07, 6.45) is 8.25. The Balaban J connectivity index is 1.17. The molecule has 282 valence electrons. The normalized spacial score (nSPS) is 24.1. The van der Waals surface area contributed by atoms with Crippen LogP contribution in [0.15, 0.2) is 30.7 Å². The Bertz CT molecular complexity index is 2110. The number of piperidine rings is 1. The third kappa shape index (κ3) is 5.98. The quantitative estimate of drug-likeness (QED) is 0.111. The lowest BCUT2D eigenvalue weighted by Gasteiger charge is -2.55. The summed E-state index contributed by atoms with van der Waals surface area (Å²) in [5.41, 5.74) is 1.53. The number of anilines is 3. The molecule has 2 aliphatic carbocycles. The van der Waals surface area contributed by atoms with E-state index in [4.69, 9.17) is 21.6 Å². The number of aliphatic hydroxyl groups excluding tert-OH is 1. The Morgan fingerprint density at radius 1 is 1.04 bits per heavy atom. The molecule has 0 spiro atoms. The zero-order chi connectivity index (χ0) is 37.6. The molecule has 1 unspecified atom stereocenters. The van der Waals surface area contributed by atoms with Crippen molar-refractivity contribution in [3.8, 4) is 11.3 Å². The molecule has 1 atom stereocenters. The number of amides is 1. The number of nitrogens with zero attached hydrogens (tertiary/aromatic N) is 6. The zero-order valence-corrected chi connectivity index (χ0v) is 31.5. The van der Waals surface area contributed by atoms with Crippen LogP contribution < -0.4 is 15.5 Å². The van der Waals surface area contributed by atoms with E-state index in [1.165, 1.54) is 25.3 Å². The van der Waals surface area contributed by atoms with Crippen molar-refractivity contribution in [2.75, 3.05) is 30.0 Å². The topological polar surface area (TPSA) is 111 Å². The number of alkyl halides is 1. The third-order valence-corrected chi connectivity index (χ3v) is 12.4. The van der Waals surface area contributed by atoms with E-state index in [1.807, 2.05) is 49.3 Å². The molecular formula is C39H46ClF3N8O2. The first-order chi connectivity index (χ1) is 25.2. The maximum Gasteiger partial charge on any atom is 0.239 e. The van der Waals surface area contributed by atoms with Crippen LogP contribution in [0.4, 0.5) is 30.4 Å². The summed E-state index contributed by atoms with van der Waals surface area (Å²) >= 11 is 6.19. The molecule has 3 aromatic heterocycles. The predicted molar refractivity (Wildman–Crippen MR) is 199 cm³/mol. The maximum absolute atomic E-state index is 15.6. The lowest BCUT2D eigenvalue weighted by atomic mass is 9.71. The Morgan fingerprint density at radius 2 is 1.75 bits per heavy atom. The summed E-state index contributed by atoms with van der Waals surface area (Å²) < 4.78 is 46.4. The second-order valence-electron chi connectivity index (χ2n) is 16.5. The molecule has 3 N–H and O–H groups in total. The van der Waals surface area contributed by atoms with Crippen molar-refractivity contribution in [2.45, 2.75) is 114 Å². The molecule has 0 radical (unpaired) electrons. The number of fused-ring (bicyclic) bond motifs is 2. The number of aliphatic hydroxyl groups is 1. The number of likely N-dealkylation sites (tertiary alicyclic amines) is 1. The van der Waals surface area contributed by atoms with Crippen molar-refractivity contribution in [1.82, 2.24) is 29.7 Å². The van der Waals surface area contributed by atoms with Gasteiger partial charge >= 0.3 is 0 Å². The van der Waals surface area contributed by atoms with Gasteiger partial charge in [-0.05, 0) is 104 Å². The molecule has 2 aliphatic heterocycles. The largest absolute Gasteiger partial charge is 0.374 e. The average Bonchev–Trinajstić information content (AvgIpc) is 3.71. The summed E-state index contributed by atoms with van der Waals surface area (Å²) in [6, 6.07) is 4.96. The molecule has 5 heterocycles. The Morgan fingerprint density at radius 3 is 2.42 bits per heavy atom. The highest BCUT2D eigenvalue weighted by molar-refractivity contribution is 6.31. The number of hydrogen-bond acceptors (Lipinski definition) is 8. The van der Waals surface area contributed by atoms with Crippen LogP contribution in [0, 0.1) is 11.6 Å². The minimum atomic E-state index is -1.54. The molecule has 4 aromatic rings. The number of halogens is 4. The summed E-state index contributed by atoms with van der Waals surface area (Å²) in [6.45, 7) is 11.5. The molecule has 2 saturated carbocycles. The second-order valence-corrected chi connectivity index (χ2v) is 16.9. The first kappa shape index (κ1) is 36.2. The van der Waals surface area contributed by atoms with E-state index in [2.05, 4.69) is 27.4 Å². The van der Waals surface area contributed by atoms with Gasteiger partial charge in [-0.25, -0.2) is 23.1 Å². The second kappa shape index (κ2) is 12.9. The lowest BCUT2D eigenvalue weighted by Crippen LogP contribution is -2.64. The number of carbonyl (C=O) groups excluding carboxylic acids is 1. The van der Waals surface area contributed by atoms with Gasteiger partial charge in [0.25, 0.3) is 0 Å². The number of benzene rings is 1. The van der Waals surface area contributed by atoms with Gasteiger partial charge in [-0.2, -0.15) is 0 Å². The molecule has 14 heteroatoms. The van der Waals surface area contributed by atoms with Crippen molar-refractivity contribution in [3.63, 3.8) is 0 Å². The van der Waals surface area contributed by atoms with Crippen LogP contribution in [0.25, 0.3) is 22.3 Å². The lowest BCUT2D eigenvalue weighted by molar-refractivity contribution is -0.123. The summed E-state index contributed by atoms with van der Waals surface area (Å²) in [4.78, 5) is 33.0. The predicted octanol–water partition coefficient (Wildman–Crippen LogP) is 7.86. The molecule has 8 rings (SSSR count). The number of hydrogen-bond donors (Lipinski definition) is 3. The SMILES string of the molecule is CC(C)n1cnc2cc(-c3cnc4c(c3)N(C3CC(C)(N5CCCCC5)C3)C(=O)C4(C)C)nc(Nc3cc(C(O)NC4(CF)CC4)c(Cl)c(F)c3F)c21. The van der Waals surface area contributed by atoms with Gasteiger partial charge in [0.1, 0.15) is 18.4 Å². The van der Waals surface area contributed by atoms with Crippen molar-refractivity contribution in [2.24, 2.45) is 0 Å². The highest BCUT2D eigenvalue weighted by Gasteiger charge is 2.55. The van der Waals surface area contributed by atoms with Crippen LogP contribution in [0.1, 0.15) is 103 Å².